The number of nitrogens with two attached hydrogens (primary N) is 1. The van der Waals surface area contributed by atoms with Crippen molar-refractivity contribution in [1.29, 1.82) is 0 Å². The van der Waals surface area contributed by atoms with Gasteiger partial charge in [0.1, 0.15) is 0 Å². The van der Waals surface area contributed by atoms with E-state index in [2.05, 4.69) is 5.32 Å². The lowest BCUT2D eigenvalue weighted by Gasteiger charge is -2.38. The highest BCUT2D eigenvalue weighted by Gasteiger charge is 2.26. The third kappa shape index (κ3) is 12.6. The molecule has 0 saturated carbocycles. The van der Waals surface area contributed by atoms with Gasteiger partial charge in [0.2, 0.25) is 11.8 Å². The molecule has 0 aliphatic carbocycles. The molecule has 15 nitrogen and oxygen atoms in total. The van der Waals surface area contributed by atoms with E-state index in [1.54, 1.807) is 29.3 Å². The van der Waals surface area contributed by atoms with Crippen LogP contribution in [0.2, 0.25) is 0 Å². The van der Waals surface area contributed by atoms with Crippen molar-refractivity contribution >= 4 is 41.1 Å². The molecule has 1 fully saturated rings. The predicted octanol–water partition coefficient (Wildman–Crippen LogP) is 0.00700. The van der Waals surface area contributed by atoms with E-state index >= 15 is 0 Å². The topological polar surface area (TPSA) is 167 Å². The molecule has 1 aromatic rings. The molecule has 2 rings (SSSR count). The fraction of sp³-hybridized carbons (Fsp3) is 0.645. The average Bonchev–Trinajstić information content (AvgIpc) is 3.04. The minimum atomic E-state index is -0.644. The van der Waals surface area contributed by atoms with Crippen molar-refractivity contribution in [2.75, 3.05) is 104 Å². The van der Waals surface area contributed by atoms with Gasteiger partial charge >= 0.3 is 17.9 Å². The zero-order valence-electron chi connectivity index (χ0n) is 28.0. The molecular formula is C31H51N7O8. The van der Waals surface area contributed by atoms with Crippen LogP contribution in [0.25, 0.3) is 0 Å². The molecule has 1 heterocycles. The maximum absolute atomic E-state index is 13.1. The summed E-state index contributed by atoms with van der Waals surface area (Å²) in [5.74, 6) is -1.71. The van der Waals surface area contributed by atoms with Crippen molar-refractivity contribution in [3.63, 3.8) is 0 Å². The quantitative estimate of drug-likeness (QED) is 0.230. The summed E-state index contributed by atoms with van der Waals surface area (Å²) in [5, 5.41) is 6.27. The van der Waals surface area contributed by atoms with Gasteiger partial charge in [-0.1, -0.05) is 20.3 Å². The monoisotopic (exact) mass is 649 g/mol. The Hall–Kier alpha value is -3.63. The van der Waals surface area contributed by atoms with Gasteiger partial charge in [-0.3, -0.25) is 38.7 Å². The summed E-state index contributed by atoms with van der Waals surface area (Å²) in [5.41, 5.74) is 7.21. The fourth-order valence-corrected chi connectivity index (χ4v) is 4.91. The van der Waals surface area contributed by atoms with E-state index in [4.69, 9.17) is 19.9 Å². The molecule has 1 saturated heterocycles. The van der Waals surface area contributed by atoms with Crippen LogP contribution in [0.4, 0.5) is 11.4 Å². The Morgan fingerprint density at radius 2 is 1.15 bits per heavy atom. The minimum Gasteiger partial charge on any atom is -0.468 e. The Kier molecular flexibility index (Phi) is 16.6. The first-order chi connectivity index (χ1) is 21.9. The van der Waals surface area contributed by atoms with E-state index in [-0.39, 0.29) is 37.4 Å². The van der Waals surface area contributed by atoms with Gasteiger partial charge in [-0.05, 0) is 30.2 Å². The van der Waals surface area contributed by atoms with Gasteiger partial charge in [-0.2, -0.15) is 0 Å². The molecule has 0 unspecified atom stereocenters. The van der Waals surface area contributed by atoms with Gasteiger partial charge in [0, 0.05) is 65.0 Å². The van der Waals surface area contributed by atoms with E-state index < -0.39 is 23.9 Å². The smallest absolute Gasteiger partial charge is 0.319 e. The predicted molar refractivity (Wildman–Crippen MR) is 173 cm³/mol. The SMILES string of the molecule is CC[C@H](C)[C@H](N)C(=O)Nc1ccc(N(C(C)=O)N2CCN(CC(=O)OC)CCN(CC(=O)OC)CCN(CC(=O)OC)CC2)cc1. The lowest BCUT2D eigenvalue weighted by molar-refractivity contribution is -0.144. The second-order valence-corrected chi connectivity index (χ2v) is 11.3. The van der Waals surface area contributed by atoms with Gasteiger partial charge in [-0.25, -0.2) is 10.0 Å². The summed E-state index contributed by atoms with van der Waals surface area (Å²) in [7, 11) is 3.98. The molecule has 258 valence electrons. The first-order valence-electron chi connectivity index (χ1n) is 15.5. The number of carbonyl (C=O) groups excluding carboxylic acids is 5. The second-order valence-electron chi connectivity index (χ2n) is 11.3. The molecule has 0 spiro atoms. The number of hydrogen-bond donors (Lipinski definition) is 2. The number of anilines is 2. The highest BCUT2D eigenvalue weighted by molar-refractivity contribution is 5.95. The number of rotatable bonds is 12. The van der Waals surface area contributed by atoms with Crippen molar-refractivity contribution in [3.8, 4) is 0 Å². The number of amides is 2. The number of hydrazine groups is 1. The summed E-state index contributed by atoms with van der Waals surface area (Å²) in [6, 6.07) is 6.27. The lowest BCUT2D eigenvalue weighted by atomic mass is 9.99. The van der Waals surface area contributed by atoms with Crippen molar-refractivity contribution in [1.82, 2.24) is 19.7 Å². The summed E-state index contributed by atoms with van der Waals surface area (Å²) in [4.78, 5) is 68.1. The molecule has 46 heavy (non-hydrogen) atoms. The van der Waals surface area contributed by atoms with Crippen LogP contribution >= 0.6 is 0 Å². The Labute approximate surface area is 271 Å². The number of hydrogen-bond acceptors (Lipinski definition) is 13. The van der Waals surface area contributed by atoms with Crippen molar-refractivity contribution in [2.45, 2.75) is 33.2 Å². The number of carbonyl (C=O) groups is 5. The number of esters is 3. The van der Waals surface area contributed by atoms with E-state index in [1.807, 2.05) is 33.6 Å². The minimum absolute atomic E-state index is 0.0230. The molecule has 1 aliphatic rings. The molecule has 0 radical (unpaired) electrons. The first-order valence-corrected chi connectivity index (χ1v) is 15.5. The molecule has 0 bridgehead atoms. The maximum Gasteiger partial charge on any atom is 0.319 e. The Bertz CT molecular complexity index is 1120. The van der Waals surface area contributed by atoms with Gasteiger partial charge < -0.3 is 25.3 Å². The van der Waals surface area contributed by atoms with E-state index in [0.717, 1.165) is 6.42 Å². The third-order valence-corrected chi connectivity index (χ3v) is 8.08. The Morgan fingerprint density at radius 3 is 1.50 bits per heavy atom. The van der Waals surface area contributed by atoms with Gasteiger partial charge in [0.05, 0.1) is 52.7 Å². The second kappa shape index (κ2) is 19.8. The summed E-state index contributed by atoms with van der Waals surface area (Å²) >= 11 is 0. The maximum atomic E-state index is 13.1. The fourth-order valence-electron chi connectivity index (χ4n) is 4.91. The number of methoxy groups -OCH3 is 3. The van der Waals surface area contributed by atoms with Crippen LogP contribution in [-0.4, -0.2) is 149 Å². The first kappa shape index (κ1) is 38.6. The zero-order valence-corrected chi connectivity index (χ0v) is 28.0. The van der Waals surface area contributed by atoms with Crippen LogP contribution in [-0.2, 0) is 38.2 Å². The van der Waals surface area contributed by atoms with Crippen molar-refractivity contribution < 1.29 is 38.2 Å². The Morgan fingerprint density at radius 1 is 0.761 bits per heavy atom. The molecule has 1 aromatic carbocycles. The number of nitrogens with one attached hydrogen (secondary N) is 1. The molecule has 0 aromatic heterocycles. The third-order valence-electron chi connectivity index (χ3n) is 8.08. The molecule has 2 atom stereocenters. The van der Waals surface area contributed by atoms with Crippen molar-refractivity contribution in [2.24, 2.45) is 11.7 Å². The molecule has 15 heteroatoms. The molecule has 3 N–H and O–H groups in total. The highest BCUT2D eigenvalue weighted by atomic mass is 16.5. The average molecular weight is 650 g/mol. The number of benzene rings is 1. The van der Waals surface area contributed by atoms with E-state index in [9.17, 15) is 24.0 Å². The van der Waals surface area contributed by atoms with Crippen LogP contribution in [0.3, 0.4) is 0 Å². The largest absolute Gasteiger partial charge is 0.468 e. The zero-order chi connectivity index (χ0) is 34.2. The van der Waals surface area contributed by atoms with Crippen LogP contribution < -0.4 is 16.1 Å². The lowest BCUT2D eigenvalue weighted by Crippen LogP contribution is -2.54. The van der Waals surface area contributed by atoms with E-state index in [1.165, 1.54) is 28.3 Å². The van der Waals surface area contributed by atoms with Crippen LogP contribution in [0, 0.1) is 5.92 Å². The summed E-state index contributed by atoms with van der Waals surface area (Å²) < 4.78 is 14.7. The molecule has 1 aliphatic heterocycles. The van der Waals surface area contributed by atoms with Crippen LogP contribution in [0.1, 0.15) is 27.2 Å². The number of nitrogens with zero attached hydrogens (tertiary/aromatic N) is 5. The molecular weight excluding hydrogens is 598 g/mol. The van der Waals surface area contributed by atoms with Crippen molar-refractivity contribution in [3.05, 3.63) is 24.3 Å². The molecule has 2 amide bonds. The van der Waals surface area contributed by atoms with Gasteiger partial charge in [0.25, 0.3) is 0 Å². The number of ether oxygens (including phenoxy) is 3. The van der Waals surface area contributed by atoms with Gasteiger partial charge in [-0.15, -0.1) is 0 Å². The van der Waals surface area contributed by atoms with Crippen LogP contribution in [0.15, 0.2) is 24.3 Å². The van der Waals surface area contributed by atoms with E-state index in [0.29, 0.717) is 63.7 Å². The van der Waals surface area contributed by atoms with Crippen LogP contribution in [0.5, 0.6) is 0 Å². The summed E-state index contributed by atoms with van der Waals surface area (Å²) in [6.45, 7) is 8.71. The van der Waals surface area contributed by atoms with Gasteiger partial charge in [0.15, 0.2) is 0 Å². The summed E-state index contributed by atoms with van der Waals surface area (Å²) in [6.07, 6.45) is 0.775. The highest BCUT2D eigenvalue weighted by Crippen LogP contribution is 2.21. The Balaban J connectivity index is 2.36. The standard InChI is InChI=1S/C31H51N7O8/c1-7-23(2)30(32)31(43)33-25-8-10-26(11-9-25)38(24(3)39)37-18-16-35(21-28(41)45-5)14-12-34(20-27(40)44-4)13-15-36(17-19-37)22-29(42)46-6/h8-11,23,30H,7,12-22,32H2,1-6H3,(H,33,43)/t23-,30-/m0/s1. The normalized spacial score (nSPS) is 17.5.